The summed E-state index contributed by atoms with van der Waals surface area (Å²) in [5.74, 6) is -0.323. The normalized spacial score (nSPS) is 11.6. The highest BCUT2D eigenvalue weighted by Crippen LogP contribution is 2.23. The average Bonchev–Trinajstić information content (AvgIpc) is 2.29. The quantitative estimate of drug-likeness (QED) is 0.879. The molecule has 0 aliphatic carbocycles. The van der Waals surface area contributed by atoms with Gasteiger partial charge < -0.3 is 5.32 Å². The van der Waals surface area contributed by atoms with Gasteiger partial charge in [-0.15, -0.1) is 0 Å². The molecule has 0 spiro atoms. The summed E-state index contributed by atoms with van der Waals surface area (Å²) in [6.45, 7) is 2.06. The summed E-state index contributed by atoms with van der Waals surface area (Å²) in [4.78, 5) is 11.5. The van der Waals surface area contributed by atoms with Crippen molar-refractivity contribution in [1.29, 1.82) is 0 Å². The van der Waals surface area contributed by atoms with E-state index in [4.69, 9.17) is 0 Å². The van der Waals surface area contributed by atoms with E-state index in [0.29, 0.717) is 11.0 Å². The second-order valence-electron chi connectivity index (χ2n) is 3.65. The van der Waals surface area contributed by atoms with Gasteiger partial charge >= 0.3 is 0 Å². The van der Waals surface area contributed by atoms with E-state index in [1.807, 2.05) is 0 Å². The summed E-state index contributed by atoms with van der Waals surface area (Å²) in [6, 6.07) is 6.50. The third kappa shape index (κ3) is 3.54. The third-order valence-corrected chi connectivity index (χ3v) is 5.08. The van der Waals surface area contributed by atoms with E-state index in [-0.39, 0.29) is 17.3 Å². The number of rotatable bonds is 5. The lowest BCUT2D eigenvalue weighted by atomic mass is 10.4. The van der Waals surface area contributed by atoms with Crippen LogP contribution in [0.4, 0.5) is 0 Å². The molecule has 1 amide bonds. The predicted molar refractivity (Wildman–Crippen MR) is 72.6 cm³/mol. The molecule has 0 radical (unpaired) electrons. The number of carbonyl (C=O) groups is 1. The largest absolute Gasteiger partial charge is 0.355 e. The van der Waals surface area contributed by atoms with Gasteiger partial charge in [-0.3, -0.25) is 4.79 Å². The number of halogens is 1. The fraction of sp³-hybridized carbons (Fsp3) is 0.364. The zero-order valence-electron chi connectivity index (χ0n) is 10.2. The van der Waals surface area contributed by atoms with E-state index in [1.54, 1.807) is 25.1 Å². The van der Waals surface area contributed by atoms with E-state index in [1.165, 1.54) is 13.1 Å². The van der Waals surface area contributed by atoms with Crippen LogP contribution in [0.15, 0.2) is 33.6 Å². The smallest absolute Gasteiger partial charge is 0.244 e. The minimum atomic E-state index is -3.66. The molecule has 100 valence electrons. The number of benzene rings is 1. The fourth-order valence-corrected chi connectivity index (χ4v) is 3.45. The molecule has 0 saturated carbocycles. The molecular formula is C11H15BrN2O3S. The highest BCUT2D eigenvalue weighted by molar-refractivity contribution is 9.10. The van der Waals surface area contributed by atoms with E-state index in [9.17, 15) is 13.2 Å². The van der Waals surface area contributed by atoms with Crippen molar-refractivity contribution in [1.82, 2.24) is 9.62 Å². The summed E-state index contributed by atoms with van der Waals surface area (Å²) < 4.78 is 25.9. The van der Waals surface area contributed by atoms with Gasteiger partial charge in [-0.2, -0.15) is 4.31 Å². The minimum absolute atomic E-state index is 0.150. The van der Waals surface area contributed by atoms with Crippen molar-refractivity contribution in [2.45, 2.75) is 11.8 Å². The van der Waals surface area contributed by atoms with Crippen LogP contribution in [-0.4, -0.2) is 38.8 Å². The predicted octanol–water partition coefficient (Wildman–Crippen LogP) is 1.21. The average molecular weight is 335 g/mol. The Morgan fingerprint density at radius 1 is 1.39 bits per heavy atom. The Morgan fingerprint density at radius 2 is 2.00 bits per heavy atom. The number of carbonyl (C=O) groups excluding carboxylic acids is 1. The molecule has 1 N–H and O–H groups in total. The van der Waals surface area contributed by atoms with Gasteiger partial charge in [-0.05, 0) is 35.0 Å². The molecule has 0 aliphatic rings. The van der Waals surface area contributed by atoms with E-state index >= 15 is 0 Å². The number of hydrogen-bond acceptors (Lipinski definition) is 3. The van der Waals surface area contributed by atoms with Crippen LogP contribution in [0.3, 0.4) is 0 Å². The highest BCUT2D eigenvalue weighted by Gasteiger charge is 2.24. The number of likely N-dealkylation sites (N-methyl/N-ethyl adjacent to an activating group) is 2. The molecule has 1 aromatic rings. The van der Waals surface area contributed by atoms with Gasteiger partial charge in [-0.25, -0.2) is 8.42 Å². The first-order valence-electron chi connectivity index (χ1n) is 5.37. The zero-order chi connectivity index (χ0) is 13.8. The number of sulfonamides is 1. The van der Waals surface area contributed by atoms with Gasteiger partial charge in [0.1, 0.15) is 0 Å². The number of nitrogens with zero attached hydrogens (tertiary/aromatic N) is 1. The lowest BCUT2D eigenvalue weighted by molar-refractivity contribution is -0.121. The van der Waals surface area contributed by atoms with Gasteiger partial charge in [0.25, 0.3) is 0 Å². The standard InChI is InChI=1S/C11H15BrN2O3S/c1-3-13-11(15)8-14(2)18(16,17)10-7-5-4-6-9(10)12/h4-7H,3,8H2,1-2H3,(H,13,15). The monoisotopic (exact) mass is 334 g/mol. The molecule has 1 aromatic carbocycles. The van der Waals surface area contributed by atoms with Crippen molar-refractivity contribution in [3.63, 3.8) is 0 Å². The summed E-state index contributed by atoms with van der Waals surface area (Å²) >= 11 is 3.19. The Morgan fingerprint density at radius 3 is 2.56 bits per heavy atom. The molecule has 1 rings (SSSR count). The number of hydrogen-bond donors (Lipinski definition) is 1. The van der Waals surface area contributed by atoms with Crippen LogP contribution >= 0.6 is 15.9 Å². The van der Waals surface area contributed by atoms with Gasteiger partial charge in [0.15, 0.2) is 0 Å². The van der Waals surface area contributed by atoms with Crippen LogP contribution in [-0.2, 0) is 14.8 Å². The highest BCUT2D eigenvalue weighted by atomic mass is 79.9. The molecule has 0 aromatic heterocycles. The van der Waals surface area contributed by atoms with E-state index in [0.717, 1.165) is 4.31 Å². The molecule has 0 saturated heterocycles. The maximum Gasteiger partial charge on any atom is 0.244 e. The van der Waals surface area contributed by atoms with E-state index in [2.05, 4.69) is 21.2 Å². The second kappa shape index (κ2) is 6.31. The Balaban J connectivity index is 2.94. The summed E-state index contributed by atoms with van der Waals surface area (Å²) in [5.41, 5.74) is 0. The Bertz CT molecular complexity index is 531. The minimum Gasteiger partial charge on any atom is -0.355 e. The van der Waals surface area contributed by atoms with Gasteiger partial charge in [0.2, 0.25) is 15.9 Å². The first-order chi connectivity index (χ1) is 8.39. The maximum absolute atomic E-state index is 12.2. The number of amides is 1. The number of nitrogens with one attached hydrogen (secondary N) is 1. The molecule has 0 unspecified atom stereocenters. The van der Waals surface area contributed by atoms with Gasteiger partial charge in [-0.1, -0.05) is 12.1 Å². The summed E-state index contributed by atoms with van der Waals surface area (Å²) in [6.07, 6.45) is 0. The van der Waals surface area contributed by atoms with Gasteiger partial charge in [0, 0.05) is 18.1 Å². The molecule has 5 nitrogen and oxygen atoms in total. The second-order valence-corrected chi connectivity index (χ2v) is 6.51. The van der Waals surface area contributed by atoms with Crippen LogP contribution in [0.2, 0.25) is 0 Å². The van der Waals surface area contributed by atoms with Crippen LogP contribution in [0.5, 0.6) is 0 Å². The Labute approximate surface area is 115 Å². The molecule has 0 atom stereocenters. The first kappa shape index (κ1) is 15.1. The molecular weight excluding hydrogens is 320 g/mol. The SMILES string of the molecule is CCNC(=O)CN(C)S(=O)(=O)c1ccccc1Br. The molecule has 0 bridgehead atoms. The fourth-order valence-electron chi connectivity index (χ4n) is 1.36. The van der Waals surface area contributed by atoms with E-state index < -0.39 is 10.0 Å². The Hall–Kier alpha value is -0.920. The summed E-state index contributed by atoms with van der Waals surface area (Å²) in [7, 11) is -2.28. The van der Waals surface area contributed by atoms with Crippen molar-refractivity contribution in [2.75, 3.05) is 20.1 Å². The van der Waals surface area contributed by atoms with Crippen molar-refractivity contribution in [3.8, 4) is 0 Å². The first-order valence-corrected chi connectivity index (χ1v) is 7.60. The molecule has 7 heteroatoms. The summed E-state index contributed by atoms with van der Waals surface area (Å²) in [5, 5.41) is 2.56. The van der Waals surface area contributed by atoms with Crippen LogP contribution < -0.4 is 5.32 Å². The topological polar surface area (TPSA) is 66.5 Å². The van der Waals surface area contributed by atoms with Crippen molar-refractivity contribution < 1.29 is 13.2 Å². The van der Waals surface area contributed by atoms with Crippen molar-refractivity contribution in [3.05, 3.63) is 28.7 Å². The molecule has 0 fully saturated rings. The van der Waals surface area contributed by atoms with Crippen LogP contribution in [0.25, 0.3) is 0 Å². The third-order valence-electron chi connectivity index (χ3n) is 2.27. The van der Waals surface area contributed by atoms with Gasteiger partial charge in [0.05, 0.1) is 11.4 Å². The Kier molecular flexibility index (Phi) is 5.30. The lowest BCUT2D eigenvalue weighted by Gasteiger charge is -2.17. The lowest BCUT2D eigenvalue weighted by Crippen LogP contribution is -2.38. The van der Waals surface area contributed by atoms with Crippen molar-refractivity contribution >= 4 is 31.9 Å². The maximum atomic E-state index is 12.2. The van der Waals surface area contributed by atoms with Crippen molar-refractivity contribution in [2.24, 2.45) is 0 Å². The molecule has 18 heavy (non-hydrogen) atoms. The van der Waals surface area contributed by atoms with Crippen LogP contribution in [0.1, 0.15) is 6.92 Å². The zero-order valence-corrected chi connectivity index (χ0v) is 12.6. The molecule has 0 aliphatic heterocycles. The molecule has 0 heterocycles. The van der Waals surface area contributed by atoms with Crippen LogP contribution in [0, 0.1) is 0 Å².